The maximum Gasteiger partial charge on any atom is 0.254 e. The Morgan fingerprint density at radius 2 is 1.74 bits per heavy atom. The Morgan fingerprint density at radius 3 is 2.54 bits per heavy atom. The van der Waals surface area contributed by atoms with E-state index in [1.165, 1.54) is 0 Å². The van der Waals surface area contributed by atoms with Crippen molar-refractivity contribution in [1.82, 2.24) is 25.0 Å². The first-order valence-corrected chi connectivity index (χ1v) is 11.5. The third kappa shape index (κ3) is 4.01. The number of aromatic nitrogens is 4. The predicted molar refractivity (Wildman–Crippen MR) is 131 cm³/mol. The molecule has 0 unspecified atom stereocenters. The molecule has 1 aliphatic rings. The van der Waals surface area contributed by atoms with Gasteiger partial charge in [0.15, 0.2) is 0 Å². The quantitative estimate of drug-likeness (QED) is 0.388. The van der Waals surface area contributed by atoms with Gasteiger partial charge in [-0.1, -0.05) is 71.4 Å². The molecular formula is C28H23N5O2. The van der Waals surface area contributed by atoms with Crippen LogP contribution in [0.4, 0.5) is 0 Å². The van der Waals surface area contributed by atoms with Gasteiger partial charge in [-0.15, -0.1) is 0 Å². The second kappa shape index (κ2) is 8.68. The van der Waals surface area contributed by atoms with Gasteiger partial charge in [-0.2, -0.15) is 4.98 Å². The Morgan fingerprint density at radius 1 is 0.971 bits per heavy atom. The highest BCUT2D eigenvalue weighted by Gasteiger charge is 2.36. The molecule has 0 spiro atoms. The molecule has 1 aliphatic heterocycles. The van der Waals surface area contributed by atoms with Crippen molar-refractivity contribution in [2.45, 2.75) is 25.9 Å². The van der Waals surface area contributed by atoms with Crippen molar-refractivity contribution in [2.24, 2.45) is 0 Å². The number of imidazole rings is 1. The number of rotatable bonds is 4. The number of H-pyrrole nitrogens is 1. The Balaban J connectivity index is 1.32. The molecule has 0 bridgehead atoms. The van der Waals surface area contributed by atoms with Crippen LogP contribution < -0.4 is 0 Å². The molecule has 0 aliphatic carbocycles. The zero-order chi connectivity index (χ0) is 23.8. The molecule has 0 radical (unpaired) electrons. The van der Waals surface area contributed by atoms with E-state index in [-0.39, 0.29) is 5.91 Å². The zero-order valence-corrected chi connectivity index (χ0v) is 19.2. The highest BCUT2D eigenvalue weighted by Crippen LogP contribution is 2.33. The van der Waals surface area contributed by atoms with Crippen LogP contribution in [0.2, 0.25) is 0 Å². The second-order valence-corrected chi connectivity index (χ2v) is 8.75. The fraction of sp³-hybridized carbons (Fsp3) is 0.143. The van der Waals surface area contributed by atoms with Crippen molar-refractivity contribution >= 4 is 5.91 Å². The molecule has 5 aromatic rings. The Kier molecular flexibility index (Phi) is 5.22. The highest BCUT2D eigenvalue weighted by atomic mass is 16.5. The van der Waals surface area contributed by atoms with Crippen LogP contribution in [0.25, 0.3) is 22.5 Å². The number of carbonyl (C=O) groups excluding carboxylic acids is 1. The summed E-state index contributed by atoms with van der Waals surface area (Å²) < 4.78 is 5.69. The van der Waals surface area contributed by atoms with Crippen molar-refractivity contribution in [1.29, 1.82) is 0 Å². The average molecular weight is 462 g/mol. The van der Waals surface area contributed by atoms with Crippen molar-refractivity contribution in [3.63, 3.8) is 0 Å². The summed E-state index contributed by atoms with van der Waals surface area (Å²) in [6.07, 6.45) is 2.17. The van der Waals surface area contributed by atoms with Gasteiger partial charge in [0.05, 0.1) is 24.3 Å². The molecule has 3 aromatic carbocycles. The summed E-state index contributed by atoms with van der Waals surface area (Å²) in [5.41, 5.74) is 6.61. The smallest absolute Gasteiger partial charge is 0.254 e. The van der Waals surface area contributed by atoms with Gasteiger partial charge in [0.1, 0.15) is 6.04 Å². The molecule has 1 N–H and O–H groups in total. The fourth-order valence-electron chi connectivity index (χ4n) is 4.54. The first-order valence-electron chi connectivity index (χ1n) is 11.5. The van der Waals surface area contributed by atoms with Crippen molar-refractivity contribution in [2.75, 3.05) is 0 Å². The minimum Gasteiger partial charge on any atom is -0.347 e. The molecule has 2 aromatic heterocycles. The van der Waals surface area contributed by atoms with Crippen LogP contribution in [0.15, 0.2) is 89.7 Å². The van der Waals surface area contributed by atoms with E-state index in [9.17, 15) is 4.79 Å². The molecule has 172 valence electrons. The van der Waals surface area contributed by atoms with Gasteiger partial charge in [0.25, 0.3) is 5.91 Å². The molecule has 3 heterocycles. The molecule has 1 atom stereocenters. The summed E-state index contributed by atoms with van der Waals surface area (Å²) in [5.74, 6) is 0.825. The van der Waals surface area contributed by atoms with E-state index in [1.54, 1.807) is 11.2 Å². The van der Waals surface area contributed by atoms with E-state index < -0.39 is 6.04 Å². The second-order valence-electron chi connectivity index (χ2n) is 8.75. The fourth-order valence-corrected chi connectivity index (χ4v) is 4.54. The Labute approximate surface area is 202 Å². The summed E-state index contributed by atoms with van der Waals surface area (Å²) in [7, 11) is 0. The van der Waals surface area contributed by atoms with E-state index in [2.05, 4.69) is 32.2 Å². The molecule has 1 amide bonds. The first kappa shape index (κ1) is 21.0. The van der Waals surface area contributed by atoms with Gasteiger partial charge in [-0.05, 0) is 36.2 Å². The number of aromatic amines is 1. The molecule has 35 heavy (non-hydrogen) atoms. The van der Waals surface area contributed by atoms with Crippen molar-refractivity contribution < 1.29 is 9.32 Å². The van der Waals surface area contributed by atoms with Gasteiger partial charge >= 0.3 is 0 Å². The maximum absolute atomic E-state index is 13.7. The zero-order valence-electron chi connectivity index (χ0n) is 19.2. The lowest BCUT2D eigenvalue weighted by atomic mass is 9.99. The number of nitrogens with zero attached hydrogens (tertiary/aromatic N) is 4. The molecule has 7 nitrogen and oxygen atoms in total. The number of hydrogen-bond acceptors (Lipinski definition) is 5. The van der Waals surface area contributed by atoms with E-state index in [4.69, 9.17) is 4.52 Å². The molecule has 6 rings (SSSR count). The van der Waals surface area contributed by atoms with Crippen LogP contribution in [0.5, 0.6) is 0 Å². The first-order chi connectivity index (χ1) is 17.2. The third-order valence-corrected chi connectivity index (χ3v) is 6.40. The Bertz CT molecular complexity index is 1490. The summed E-state index contributed by atoms with van der Waals surface area (Å²) in [5, 5.41) is 4.21. The number of nitrogens with one attached hydrogen (secondary N) is 1. The monoisotopic (exact) mass is 461 g/mol. The lowest BCUT2D eigenvalue weighted by Gasteiger charge is -2.32. The predicted octanol–water partition coefficient (Wildman–Crippen LogP) is 5.37. The number of carbonyl (C=O) groups is 1. The van der Waals surface area contributed by atoms with Crippen molar-refractivity contribution in [3.05, 3.63) is 114 Å². The topological polar surface area (TPSA) is 87.9 Å². The summed E-state index contributed by atoms with van der Waals surface area (Å²) in [6.45, 7) is 2.41. The van der Waals surface area contributed by atoms with Gasteiger partial charge in [0, 0.05) is 17.5 Å². The SMILES string of the molecule is Cc1cccc(-c2noc([C@@H]3Cc4nc[nH]c4CN3C(=O)c3ccc(-c4ccccc4)cc3)n2)c1. The normalized spacial score (nSPS) is 15.1. The van der Waals surface area contributed by atoms with E-state index in [1.807, 2.05) is 73.7 Å². The van der Waals surface area contributed by atoms with Crippen LogP contribution >= 0.6 is 0 Å². The Hall–Kier alpha value is -4.52. The minimum absolute atomic E-state index is 0.0924. The van der Waals surface area contributed by atoms with Gasteiger partial charge in [-0.3, -0.25) is 4.79 Å². The van der Waals surface area contributed by atoms with Crippen LogP contribution in [0.3, 0.4) is 0 Å². The molecule has 7 heteroatoms. The number of amides is 1. The maximum atomic E-state index is 13.7. The summed E-state index contributed by atoms with van der Waals surface area (Å²) in [6, 6.07) is 25.3. The van der Waals surface area contributed by atoms with Crippen LogP contribution in [-0.4, -0.2) is 30.9 Å². The molecule has 0 saturated carbocycles. The lowest BCUT2D eigenvalue weighted by Crippen LogP contribution is -2.39. The highest BCUT2D eigenvalue weighted by molar-refractivity contribution is 5.95. The minimum atomic E-state index is -0.404. The average Bonchev–Trinajstić information content (AvgIpc) is 3.58. The van der Waals surface area contributed by atoms with Gasteiger partial charge < -0.3 is 14.4 Å². The van der Waals surface area contributed by atoms with E-state index >= 15 is 0 Å². The molecule has 0 saturated heterocycles. The molecular weight excluding hydrogens is 438 g/mol. The van der Waals surface area contributed by atoms with Crippen LogP contribution in [0.1, 0.15) is 39.2 Å². The lowest BCUT2D eigenvalue weighted by molar-refractivity contribution is 0.0590. The van der Waals surface area contributed by atoms with Gasteiger partial charge in [0.2, 0.25) is 11.7 Å². The largest absolute Gasteiger partial charge is 0.347 e. The number of hydrogen-bond donors (Lipinski definition) is 1. The summed E-state index contributed by atoms with van der Waals surface area (Å²) in [4.78, 5) is 27.7. The number of aryl methyl sites for hydroxylation is 1. The van der Waals surface area contributed by atoms with Crippen molar-refractivity contribution in [3.8, 4) is 22.5 Å². The van der Waals surface area contributed by atoms with Crippen LogP contribution in [-0.2, 0) is 13.0 Å². The third-order valence-electron chi connectivity index (χ3n) is 6.40. The number of fused-ring (bicyclic) bond motifs is 1. The standard InChI is InChI=1S/C28H23N5O2/c1-18-6-5-9-22(14-18)26-31-27(35-32-26)25-15-23-24(30-17-29-23)16-33(25)28(34)21-12-10-20(11-13-21)19-7-3-2-4-8-19/h2-14,17,25H,15-16H2,1H3,(H,29,30)/t25-/m0/s1. The number of benzene rings is 3. The van der Waals surface area contributed by atoms with Gasteiger partial charge in [-0.25, -0.2) is 4.98 Å². The van der Waals surface area contributed by atoms with Crippen LogP contribution in [0, 0.1) is 6.92 Å². The molecule has 0 fully saturated rings. The summed E-state index contributed by atoms with van der Waals surface area (Å²) >= 11 is 0. The van der Waals surface area contributed by atoms with E-state index in [0.29, 0.717) is 30.2 Å². The van der Waals surface area contributed by atoms with E-state index in [0.717, 1.165) is 33.6 Å².